The molecular formula is C14H15N3O5. The Morgan fingerprint density at radius 3 is 2.82 bits per heavy atom. The molecule has 1 aliphatic rings. The van der Waals surface area contributed by atoms with E-state index in [0.717, 1.165) is 25.7 Å². The summed E-state index contributed by atoms with van der Waals surface area (Å²) in [7, 11) is 0. The zero-order chi connectivity index (χ0) is 15.7. The summed E-state index contributed by atoms with van der Waals surface area (Å²) >= 11 is 0. The van der Waals surface area contributed by atoms with E-state index in [2.05, 4.69) is 5.32 Å². The van der Waals surface area contributed by atoms with Crippen LogP contribution >= 0.6 is 0 Å². The average Bonchev–Trinajstić information content (AvgIpc) is 3.07. The van der Waals surface area contributed by atoms with Crippen molar-refractivity contribution in [3.63, 3.8) is 0 Å². The topological polar surface area (TPSA) is 107 Å². The van der Waals surface area contributed by atoms with Gasteiger partial charge in [-0.3, -0.25) is 19.5 Å². The molecule has 0 radical (unpaired) electrons. The van der Waals surface area contributed by atoms with Crippen molar-refractivity contribution in [1.82, 2.24) is 9.88 Å². The first-order valence-corrected chi connectivity index (χ1v) is 7.12. The Balaban J connectivity index is 1.83. The van der Waals surface area contributed by atoms with E-state index < -0.39 is 10.7 Å². The van der Waals surface area contributed by atoms with Crippen LogP contribution in [0.5, 0.6) is 0 Å². The molecule has 1 saturated carbocycles. The van der Waals surface area contributed by atoms with Crippen LogP contribution < -0.4 is 11.1 Å². The molecule has 1 aromatic carbocycles. The van der Waals surface area contributed by atoms with Gasteiger partial charge >= 0.3 is 5.76 Å². The van der Waals surface area contributed by atoms with E-state index in [1.807, 2.05) is 0 Å². The number of non-ortho nitro benzene ring substituents is 1. The van der Waals surface area contributed by atoms with Gasteiger partial charge in [0.1, 0.15) is 6.54 Å². The van der Waals surface area contributed by atoms with E-state index in [1.165, 1.54) is 22.8 Å². The third-order valence-electron chi connectivity index (χ3n) is 3.88. The van der Waals surface area contributed by atoms with Crippen LogP contribution in [-0.4, -0.2) is 21.4 Å². The number of hydrogen-bond donors (Lipinski definition) is 1. The van der Waals surface area contributed by atoms with Crippen LogP contribution in [0.2, 0.25) is 0 Å². The minimum Gasteiger partial charge on any atom is -0.407 e. The number of benzene rings is 1. The Morgan fingerprint density at radius 2 is 2.14 bits per heavy atom. The van der Waals surface area contributed by atoms with Crippen LogP contribution in [0.4, 0.5) is 5.69 Å². The van der Waals surface area contributed by atoms with Crippen molar-refractivity contribution in [2.75, 3.05) is 0 Å². The number of nitrogens with one attached hydrogen (secondary N) is 1. The molecule has 1 amide bonds. The van der Waals surface area contributed by atoms with Gasteiger partial charge in [0, 0.05) is 12.1 Å². The normalized spacial score (nSPS) is 15.3. The first-order valence-electron chi connectivity index (χ1n) is 7.12. The molecule has 1 aromatic heterocycles. The third-order valence-corrected chi connectivity index (χ3v) is 3.88. The van der Waals surface area contributed by atoms with Crippen LogP contribution in [0.25, 0.3) is 11.1 Å². The Hall–Kier alpha value is -2.64. The fourth-order valence-electron chi connectivity index (χ4n) is 2.81. The first kappa shape index (κ1) is 14.3. The van der Waals surface area contributed by atoms with Crippen molar-refractivity contribution in [3.05, 3.63) is 38.9 Å². The largest absolute Gasteiger partial charge is 0.420 e. The van der Waals surface area contributed by atoms with Crippen molar-refractivity contribution in [2.24, 2.45) is 0 Å². The molecule has 0 bridgehead atoms. The second-order valence-corrected chi connectivity index (χ2v) is 5.41. The number of fused-ring (bicyclic) bond motifs is 1. The van der Waals surface area contributed by atoms with E-state index in [4.69, 9.17) is 4.42 Å². The van der Waals surface area contributed by atoms with Gasteiger partial charge in [-0.05, 0) is 18.9 Å². The molecular weight excluding hydrogens is 290 g/mol. The lowest BCUT2D eigenvalue weighted by Crippen LogP contribution is -2.36. The van der Waals surface area contributed by atoms with Gasteiger partial charge in [-0.1, -0.05) is 12.8 Å². The number of hydrogen-bond acceptors (Lipinski definition) is 5. The fourth-order valence-corrected chi connectivity index (χ4v) is 2.81. The molecule has 8 heteroatoms. The van der Waals surface area contributed by atoms with E-state index in [9.17, 15) is 19.7 Å². The summed E-state index contributed by atoms with van der Waals surface area (Å²) in [6.45, 7) is -0.153. The van der Waals surface area contributed by atoms with Crippen LogP contribution in [0.3, 0.4) is 0 Å². The van der Waals surface area contributed by atoms with Crippen molar-refractivity contribution >= 4 is 22.7 Å². The average molecular weight is 305 g/mol. The van der Waals surface area contributed by atoms with Gasteiger partial charge in [0.2, 0.25) is 5.91 Å². The van der Waals surface area contributed by atoms with Gasteiger partial charge < -0.3 is 9.73 Å². The lowest BCUT2D eigenvalue weighted by Gasteiger charge is -2.11. The SMILES string of the molecule is O=C(Cn1c(=O)oc2cc([N+](=O)[O-])ccc21)NC1CCCC1. The maximum absolute atomic E-state index is 12.0. The minimum atomic E-state index is -0.697. The summed E-state index contributed by atoms with van der Waals surface area (Å²) < 4.78 is 6.17. The molecule has 0 spiro atoms. The summed E-state index contributed by atoms with van der Waals surface area (Å²) in [4.78, 5) is 34.0. The van der Waals surface area contributed by atoms with E-state index in [0.29, 0.717) is 5.52 Å². The van der Waals surface area contributed by atoms with Crippen LogP contribution in [0, 0.1) is 10.1 Å². The van der Waals surface area contributed by atoms with Gasteiger partial charge in [0.15, 0.2) is 5.58 Å². The van der Waals surface area contributed by atoms with Crippen LogP contribution in [0.1, 0.15) is 25.7 Å². The predicted molar refractivity (Wildman–Crippen MR) is 77.5 cm³/mol. The van der Waals surface area contributed by atoms with Gasteiger partial charge in [0.25, 0.3) is 5.69 Å². The summed E-state index contributed by atoms with van der Waals surface area (Å²) in [6, 6.07) is 4.05. The van der Waals surface area contributed by atoms with Crippen molar-refractivity contribution in [2.45, 2.75) is 38.3 Å². The highest BCUT2D eigenvalue weighted by molar-refractivity contribution is 5.80. The third kappa shape index (κ3) is 2.72. The number of carbonyl (C=O) groups excluding carboxylic acids is 1. The molecule has 0 unspecified atom stereocenters. The van der Waals surface area contributed by atoms with Crippen LogP contribution in [-0.2, 0) is 11.3 Å². The van der Waals surface area contributed by atoms with Gasteiger partial charge in [-0.15, -0.1) is 0 Å². The van der Waals surface area contributed by atoms with Gasteiger partial charge in [0.05, 0.1) is 16.5 Å². The Bertz CT molecular complexity index is 785. The molecule has 0 aliphatic heterocycles. The maximum atomic E-state index is 12.0. The van der Waals surface area contributed by atoms with E-state index >= 15 is 0 Å². The molecule has 1 N–H and O–H groups in total. The summed E-state index contributed by atoms with van der Waals surface area (Å²) in [5.41, 5.74) is 0.314. The molecule has 116 valence electrons. The van der Waals surface area contributed by atoms with Crippen molar-refractivity contribution < 1.29 is 14.1 Å². The molecule has 1 fully saturated rings. The summed E-state index contributed by atoms with van der Waals surface area (Å²) in [5.74, 6) is -0.952. The zero-order valence-corrected chi connectivity index (χ0v) is 11.8. The van der Waals surface area contributed by atoms with Crippen molar-refractivity contribution in [3.8, 4) is 0 Å². The standard InChI is InChI=1S/C14H15N3O5/c18-13(15-9-3-1-2-4-9)8-16-11-6-5-10(17(20)21)7-12(11)22-14(16)19/h5-7,9H,1-4,8H2,(H,15,18). The van der Waals surface area contributed by atoms with E-state index in [-0.39, 0.29) is 29.8 Å². The summed E-state index contributed by atoms with van der Waals surface area (Å²) in [5, 5.41) is 13.6. The fraction of sp³-hybridized carbons (Fsp3) is 0.429. The highest BCUT2D eigenvalue weighted by atomic mass is 16.6. The Morgan fingerprint density at radius 1 is 1.41 bits per heavy atom. The molecule has 1 aliphatic carbocycles. The lowest BCUT2D eigenvalue weighted by atomic mass is 10.2. The highest BCUT2D eigenvalue weighted by Crippen LogP contribution is 2.20. The number of oxazole rings is 1. The number of nitrogens with zero attached hydrogens (tertiary/aromatic N) is 2. The minimum absolute atomic E-state index is 0.105. The van der Waals surface area contributed by atoms with Gasteiger partial charge in [-0.2, -0.15) is 0 Å². The number of amides is 1. The van der Waals surface area contributed by atoms with Crippen molar-refractivity contribution in [1.29, 1.82) is 0 Å². The quantitative estimate of drug-likeness (QED) is 0.681. The number of nitro groups is 1. The Kier molecular flexibility index (Phi) is 3.66. The second-order valence-electron chi connectivity index (χ2n) is 5.41. The van der Waals surface area contributed by atoms with E-state index in [1.54, 1.807) is 0 Å². The number of nitro benzene ring substituents is 1. The predicted octanol–water partition coefficient (Wildman–Crippen LogP) is 1.56. The zero-order valence-electron chi connectivity index (χ0n) is 11.8. The number of aromatic nitrogens is 1. The molecule has 2 aromatic rings. The molecule has 0 atom stereocenters. The monoisotopic (exact) mass is 305 g/mol. The molecule has 22 heavy (non-hydrogen) atoms. The number of carbonyl (C=O) groups is 1. The number of rotatable bonds is 4. The maximum Gasteiger partial charge on any atom is 0.420 e. The summed E-state index contributed by atoms with van der Waals surface area (Å²) in [6.07, 6.45) is 4.12. The lowest BCUT2D eigenvalue weighted by molar-refractivity contribution is -0.384. The smallest absolute Gasteiger partial charge is 0.407 e. The molecule has 1 heterocycles. The molecule has 0 saturated heterocycles. The van der Waals surface area contributed by atoms with Crippen LogP contribution in [0.15, 0.2) is 27.4 Å². The second kappa shape index (κ2) is 5.63. The Labute approximate surface area is 124 Å². The molecule has 3 rings (SSSR count). The van der Waals surface area contributed by atoms with Gasteiger partial charge in [-0.25, -0.2) is 4.79 Å². The highest BCUT2D eigenvalue weighted by Gasteiger charge is 2.20. The first-order chi connectivity index (χ1) is 10.5. The molecule has 8 nitrogen and oxygen atoms in total.